The summed E-state index contributed by atoms with van der Waals surface area (Å²) in [5.41, 5.74) is 1.70. The minimum absolute atomic E-state index is 0.0612. The predicted molar refractivity (Wildman–Crippen MR) is 116 cm³/mol. The Balaban J connectivity index is 2.68. The highest BCUT2D eigenvalue weighted by Gasteiger charge is 2.31. The number of allylic oxidation sites excluding steroid dienone is 1. The van der Waals surface area contributed by atoms with Crippen molar-refractivity contribution in [2.75, 3.05) is 27.9 Å². The van der Waals surface area contributed by atoms with Crippen molar-refractivity contribution >= 4 is 5.91 Å². The van der Waals surface area contributed by atoms with Crippen LogP contribution in [0.2, 0.25) is 0 Å². The average molecular weight is 424 g/mol. The maximum Gasteiger partial charge on any atom is 0.251 e. The molecular formula is C23H37NO6. The summed E-state index contributed by atoms with van der Waals surface area (Å²) in [6.45, 7) is 4.57. The second kappa shape index (κ2) is 14.1. The zero-order valence-corrected chi connectivity index (χ0v) is 18.8. The minimum Gasteiger partial charge on any atom is -0.497 e. The Morgan fingerprint density at radius 2 is 1.83 bits per heavy atom. The molecule has 2 N–H and O–H groups in total. The molecule has 0 saturated heterocycles. The van der Waals surface area contributed by atoms with E-state index in [1.54, 1.807) is 7.11 Å². The lowest BCUT2D eigenvalue weighted by atomic mass is 9.90. The highest BCUT2D eigenvalue weighted by atomic mass is 16.7. The van der Waals surface area contributed by atoms with Crippen LogP contribution in [0.3, 0.4) is 0 Å². The first kappa shape index (κ1) is 26.1. The maximum absolute atomic E-state index is 12.5. The van der Waals surface area contributed by atoms with Gasteiger partial charge in [-0.1, -0.05) is 38.5 Å². The lowest BCUT2D eigenvalue weighted by Crippen LogP contribution is -2.40. The Morgan fingerprint density at radius 3 is 2.37 bits per heavy atom. The summed E-state index contributed by atoms with van der Waals surface area (Å²) in [5, 5.41) is 22.5. The lowest BCUT2D eigenvalue weighted by molar-refractivity contribution is -0.177. The van der Waals surface area contributed by atoms with Gasteiger partial charge in [0.2, 0.25) is 0 Å². The molecule has 0 aliphatic carbocycles. The van der Waals surface area contributed by atoms with Crippen LogP contribution in [0.25, 0.3) is 0 Å². The van der Waals surface area contributed by atoms with Crippen LogP contribution in [-0.4, -0.2) is 61.3 Å². The van der Waals surface area contributed by atoms with E-state index in [1.165, 1.54) is 14.2 Å². The number of ether oxygens (including phenoxy) is 2. The number of carbonyl (C=O) groups is 1. The van der Waals surface area contributed by atoms with Gasteiger partial charge in [0.1, 0.15) is 5.75 Å². The van der Waals surface area contributed by atoms with Crippen LogP contribution >= 0.6 is 0 Å². The van der Waals surface area contributed by atoms with E-state index in [4.69, 9.17) is 14.3 Å². The Kier molecular flexibility index (Phi) is 12.3. The third kappa shape index (κ3) is 8.44. The molecule has 7 nitrogen and oxygen atoms in total. The van der Waals surface area contributed by atoms with Gasteiger partial charge in [0, 0.05) is 13.5 Å². The van der Waals surface area contributed by atoms with Gasteiger partial charge in [-0.05, 0) is 36.1 Å². The van der Waals surface area contributed by atoms with Crippen molar-refractivity contribution in [2.45, 2.75) is 58.3 Å². The Hall–Kier alpha value is -1.93. The molecule has 0 fully saturated rings. The number of hydrogen-bond acceptors (Lipinski definition) is 6. The third-order valence-electron chi connectivity index (χ3n) is 5.02. The molecule has 0 spiro atoms. The van der Waals surface area contributed by atoms with Crippen molar-refractivity contribution in [3.8, 4) is 5.75 Å². The van der Waals surface area contributed by atoms with Crippen LogP contribution in [-0.2, 0) is 21.0 Å². The van der Waals surface area contributed by atoms with Crippen LogP contribution < -0.4 is 4.74 Å². The molecule has 0 aliphatic heterocycles. The molecule has 1 aromatic carbocycles. The molecule has 1 aromatic rings. The summed E-state index contributed by atoms with van der Waals surface area (Å²) < 4.78 is 10.9. The maximum atomic E-state index is 12.5. The van der Waals surface area contributed by atoms with E-state index in [1.807, 2.05) is 44.2 Å². The van der Waals surface area contributed by atoms with E-state index in [-0.39, 0.29) is 18.9 Å². The van der Waals surface area contributed by atoms with Crippen LogP contribution in [0.4, 0.5) is 0 Å². The fourth-order valence-corrected chi connectivity index (χ4v) is 3.22. The first-order valence-electron chi connectivity index (χ1n) is 10.4. The lowest BCUT2D eigenvalue weighted by Gasteiger charge is -2.27. The second-order valence-electron chi connectivity index (χ2n) is 7.26. The van der Waals surface area contributed by atoms with Crippen LogP contribution in [0.5, 0.6) is 5.75 Å². The summed E-state index contributed by atoms with van der Waals surface area (Å²) >= 11 is 0. The SMILES string of the molecule is CC/C=C(\COCc1ccc(OC)cc1)[C@H](O)C[C@@H](O)[C@H](CCC)C(=O)N(C)OC. The topological polar surface area (TPSA) is 88.5 Å². The zero-order chi connectivity index (χ0) is 22.5. The summed E-state index contributed by atoms with van der Waals surface area (Å²) in [4.78, 5) is 17.4. The van der Waals surface area contributed by atoms with Gasteiger partial charge < -0.3 is 19.7 Å². The van der Waals surface area contributed by atoms with Gasteiger partial charge in [0.15, 0.2) is 0 Å². The summed E-state index contributed by atoms with van der Waals surface area (Å²) in [5.74, 6) is -0.140. The summed E-state index contributed by atoms with van der Waals surface area (Å²) in [6, 6.07) is 7.59. The quantitative estimate of drug-likeness (QED) is 0.353. The van der Waals surface area contributed by atoms with Crippen molar-refractivity contribution in [2.24, 2.45) is 5.92 Å². The number of aliphatic hydroxyl groups excluding tert-OH is 2. The highest BCUT2D eigenvalue weighted by Crippen LogP contribution is 2.22. The van der Waals surface area contributed by atoms with Crippen LogP contribution in [0.15, 0.2) is 35.9 Å². The number of methoxy groups -OCH3 is 1. The molecule has 0 saturated carbocycles. The number of nitrogens with zero attached hydrogens (tertiary/aromatic N) is 1. The van der Waals surface area contributed by atoms with E-state index >= 15 is 0 Å². The molecule has 0 unspecified atom stereocenters. The van der Waals surface area contributed by atoms with E-state index in [0.29, 0.717) is 18.6 Å². The van der Waals surface area contributed by atoms with Gasteiger partial charge in [-0.15, -0.1) is 0 Å². The monoisotopic (exact) mass is 423 g/mol. The number of hydroxylamine groups is 2. The fraction of sp³-hybridized carbons (Fsp3) is 0.609. The van der Waals surface area contributed by atoms with Crippen LogP contribution in [0.1, 0.15) is 45.1 Å². The summed E-state index contributed by atoms with van der Waals surface area (Å²) in [7, 11) is 4.54. The van der Waals surface area contributed by atoms with Crippen molar-refractivity contribution < 1.29 is 29.3 Å². The van der Waals surface area contributed by atoms with Gasteiger partial charge in [-0.25, -0.2) is 5.06 Å². The molecule has 0 aromatic heterocycles. The first-order valence-corrected chi connectivity index (χ1v) is 10.4. The molecule has 7 heteroatoms. The molecule has 170 valence electrons. The predicted octanol–water partition coefficient (Wildman–Crippen LogP) is 3.10. The Labute approximate surface area is 180 Å². The van der Waals surface area contributed by atoms with Crippen LogP contribution in [0, 0.1) is 5.92 Å². The van der Waals surface area contributed by atoms with Gasteiger partial charge in [0.05, 0.1) is 45.6 Å². The number of amides is 1. The molecule has 1 amide bonds. The molecule has 0 radical (unpaired) electrons. The molecular weight excluding hydrogens is 386 g/mol. The average Bonchev–Trinajstić information content (AvgIpc) is 2.76. The molecule has 0 aliphatic rings. The number of benzene rings is 1. The van der Waals surface area contributed by atoms with Crippen molar-refractivity contribution in [1.29, 1.82) is 0 Å². The fourth-order valence-electron chi connectivity index (χ4n) is 3.22. The van der Waals surface area contributed by atoms with E-state index < -0.39 is 18.1 Å². The highest BCUT2D eigenvalue weighted by molar-refractivity contribution is 5.78. The minimum atomic E-state index is -0.980. The van der Waals surface area contributed by atoms with E-state index in [0.717, 1.165) is 29.2 Å². The smallest absolute Gasteiger partial charge is 0.251 e. The first-order chi connectivity index (χ1) is 14.4. The van der Waals surface area contributed by atoms with Gasteiger partial charge in [-0.2, -0.15) is 0 Å². The number of aliphatic hydroxyl groups is 2. The molecule has 3 atom stereocenters. The van der Waals surface area contributed by atoms with E-state index in [2.05, 4.69) is 0 Å². The standard InChI is InChI=1S/C23H37NO6/c1-6-8-18(16-30-15-17-10-12-19(28-4)13-11-17)21(25)14-22(26)20(9-7-2)23(27)24(3)29-5/h8,10-13,20-22,25-26H,6-7,9,14-16H2,1-5H3/b18-8+/t20-,21+,22+/m0/s1. The Morgan fingerprint density at radius 1 is 1.17 bits per heavy atom. The molecule has 0 heterocycles. The van der Waals surface area contributed by atoms with Crippen molar-refractivity contribution in [3.05, 3.63) is 41.5 Å². The van der Waals surface area contributed by atoms with Gasteiger partial charge in [0.25, 0.3) is 5.91 Å². The zero-order valence-electron chi connectivity index (χ0n) is 18.8. The van der Waals surface area contributed by atoms with Crippen molar-refractivity contribution in [3.63, 3.8) is 0 Å². The Bertz CT molecular complexity index is 646. The van der Waals surface area contributed by atoms with Gasteiger partial charge >= 0.3 is 0 Å². The van der Waals surface area contributed by atoms with E-state index in [9.17, 15) is 15.0 Å². The number of rotatable bonds is 14. The number of hydrogen-bond donors (Lipinski definition) is 2. The third-order valence-corrected chi connectivity index (χ3v) is 5.02. The summed E-state index contributed by atoms with van der Waals surface area (Å²) in [6.07, 6.45) is 2.08. The normalized spacial score (nSPS) is 14.8. The largest absolute Gasteiger partial charge is 0.497 e. The molecule has 0 bridgehead atoms. The second-order valence-corrected chi connectivity index (χ2v) is 7.26. The van der Waals surface area contributed by atoms with Gasteiger partial charge in [-0.3, -0.25) is 9.63 Å². The molecule has 30 heavy (non-hydrogen) atoms. The van der Waals surface area contributed by atoms with Crippen molar-refractivity contribution in [1.82, 2.24) is 5.06 Å². The number of carbonyl (C=O) groups excluding carboxylic acids is 1. The molecule has 1 rings (SSSR count).